The fourth-order valence-corrected chi connectivity index (χ4v) is 8.15. The van der Waals surface area contributed by atoms with E-state index in [1.165, 1.54) is 91.2 Å². The molecule has 0 spiro atoms. The number of hydrogen-bond donors (Lipinski definition) is 3. The van der Waals surface area contributed by atoms with Crippen molar-refractivity contribution >= 4 is 7.94 Å². The Morgan fingerprint density at radius 2 is 0.788 bits per heavy atom. The average molecular weight is 722 g/mol. The molecule has 4 aromatic carbocycles. The summed E-state index contributed by atoms with van der Waals surface area (Å²) in [5.41, 5.74) is 8.13. The quantitative estimate of drug-likeness (QED) is 0.0406. The summed E-state index contributed by atoms with van der Waals surface area (Å²) in [4.78, 5) is 27.2. The van der Waals surface area contributed by atoms with Crippen LogP contribution in [0.15, 0.2) is 121 Å². The highest BCUT2D eigenvalue weighted by Gasteiger charge is 2.28. The van der Waals surface area contributed by atoms with Crippen LogP contribution >= 0.6 is 7.94 Å². The molecule has 4 heteroatoms. The molecule has 0 atom stereocenters. The Bertz CT molecular complexity index is 1470. The average Bonchev–Trinajstić information content (AvgIpc) is 3.15. The molecule has 3 N–H and O–H groups in total. The lowest BCUT2D eigenvalue weighted by Gasteiger charge is -2.28. The van der Waals surface area contributed by atoms with Gasteiger partial charge in [0.1, 0.15) is 6.16 Å². The van der Waals surface area contributed by atoms with E-state index in [2.05, 4.69) is 149 Å². The molecular formula is C48H66O3P+. The van der Waals surface area contributed by atoms with E-state index >= 15 is 0 Å². The Balaban J connectivity index is 1.27. The van der Waals surface area contributed by atoms with Crippen molar-refractivity contribution in [2.75, 3.05) is 6.16 Å². The van der Waals surface area contributed by atoms with E-state index in [0.717, 1.165) is 25.7 Å². The van der Waals surface area contributed by atoms with Crippen molar-refractivity contribution in [2.45, 2.75) is 134 Å². The molecule has 0 amide bonds. The van der Waals surface area contributed by atoms with Crippen LogP contribution < -0.4 is 0 Å². The van der Waals surface area contributed by atoms with Crippen LogP contribution in [-0.2, 0) is 10.8 Å². The number of rotatable bonds is 23. The third-order valence-corrected chi connectivity index (χ3v) is 12.1. The van der Waals surface area contributed by atoms with Gasteiger partial charge in [-0.15, -0.1) is 0 Å². The van der Waals surface area contributed by atoms with Gasteiger partial charge in [0.15, 0.2) is 0 Å². The highest BCUT2D eigenvalue weighted by Crippen LogP contribution is 2.45. The van der Waals surface area contributed by atoms with E-state index in [-0.39, 0.29) is 17.0 Å². The zero-order chi connectivity index (χ0) is 37.3. The van der Waals surface area contributed by atoms with Crippen LogP contribution in [0.3, 0.4) is 0 Å². The first-order chi connectivity index (χ1) is 25.0. The third-order valence-electron chi connectivity index (χ3n) is 11.2. The Labute approximate surface area is 316 Å². The summed E-state index contributed by atoms with van der Waals surface area (Å²) >= 11 is 0. The van der Waals surface area contributed by atoms with Gasteiger partial charge in [0, 0.05) is 16.7 Å². The molecule has 0 aliphatic carbocycles. The molecule has 3 nitrogen and oxygen atoms in total. The molecule has 0 radical (unpaired) electrons. The summed E-state index contributed by atoms with van der Waals surface area (Å²) in [7, 11) is -3.57. The maximum atomic E-state index is 9.05. The van der Waals surface area contributed by atoms with Crippen molar-refractivity contribution in [3.8, 4) is 0 Å². The topological polar surface area (TPSA) is 60.7 Å². The fraction of sp³-hybridized carbons (Fsp3) is 0.458. The van der Waals surface area contributed by atoms with E-state index < -0.39 is 7.94 Å². The summed E-state index contributed by atoms with van der Waals surface area (Å²) in [5.74, 6) is 0.383. The molecule has 0 aromatic heterocycles. The molecule has 4 rings (SSSR count). The Morgan fingerprint density at radius 3 is 1.19 bits per heavy atom. The summed E-state index contributed by atoms with van der Waals surface area (Å²) < 4.78 is 0. The van der Waals surface area contributed by atoms with Crippen molar-refractivity contribution < 1.29 is 14.7 Å². The van der Waals surface area contributed by atoms with Crippen molar-refractivity contribution in [3.05, 3.63) is 155 Å². The van der Waals surface area contributed by atoms with Crippen molar-refractivity contribution in [2.24, 2.45) is 0 Å². The number of hydrogen-bond acceptors (Lipinski definition) is 3. The largest absolute Gasteiger partial charge is 0.403 e. The van der Waals surface area contributed by atoms with Crippen LogP contribution in [0.2, 0.25) is 0 Å². The van der Waals surface area contributed by atoms with Gasteiger partial charge >= 0.3 is 7.94 Å². The van der Waals surface area contributed by atoms with Gasteiger partial charge in [0.05, 0.1) is 0 Å². The number of benzene rings is 4. The van der Waals surface area contributed by atoms with Gasteiger partial charge in [0.25, 0.3) is 0 Å². The minimum atomic E-state index is -3.57. The molecule has 0 aliphatic heterocycles. The highest BCUT2D eigenvalue weighted by molar-refractivity contribution is 7.58. The van der Waals surface area contributed by atoms with E-state index in [1.54, 1.807) is 0 Å². The zero-order valence-electron chi connectivity index (χ0n) is 32.5. The lowest BCUT2D eigenvalue weighted by molar-refractivity contribution is 0.328. The molecule has 0 saturated carbocycles. The minimum absolute atomic E-state index is 0.0455. The van der Waals surface area contributed by atoms with E-state index in [4.69, 9.17) is 14.7 Å². The summed E-state index contributed by atoms with van der Waals surface area (Å²) in [6.07, 6.45) is 21.1. The van der Waals surface area contributed by atoms with Crippen molar-refractivity contribution in [1.82, 2.24) is 0 Å². The SMILES string of the molecule is CC(C)(c1ccccc1)c1ccc(C(CCCCCCC/C=C/CCCCCCCC[P+](O)(O)O)c2ccc(C(C)(C)c3ccccc3)cc2)cc1. The lowest BCUT2D eigenvalue weighted by Crippen LogP contribution is -2.19. The summed E-state index contributed by atoms with van der Waals surface area (Å²) in [6.45, 7) is 9.30. The molecule has 280 valence electrons. The maximum Gasteiger partial charge on any atom is 0.403 e. The van der Waals surface area contributed by atoms with Crippen LogP contribution in [0.1, 0.15) is 157 Å². The van der Waals surface area contributed by atoms with Gasteiger partial charge in [-0.2, -0.15) is 14.7 Å². The van der Waals surface area contributed by atoms with Gasteiger partial charge < -0.3 is 0 Å². The first-order valence-electron chi connectivity index (χ1n) is 20.0. The van der Waals surface area contributed by atoms with Crippen LogP contribution in [0.4, 0.5) is 0 Å². The van der Waals surface area contributed by atoms with Crippen molar-refractivity contribution in [1.29, 1.82) is 0 Å². The van der Waals surface area contributed by atoms with Gasteiger partial charge in [-0.05, 0) is 78.3 Å². The first-order valence-corrected chi connectivity index (χ1v) is 21.8. The molecule has 0 heterocycles. The second-order valence-electron chi connectivity index (χ2n) is 15.9. The van der Waals surface area contributed by atoms with E-state index in [9.17, 15) is 0 Å². The second kappa shape index (κ2) is 21.0. The molecule has 4 aromatic rings. The fourth-order valence-electron chi connectivity index (χ4n) is 7.50. The predicted molar refractivity (Wildman–Crippen MR) is 224 cm³/mol. The molecule has 0 unspecified atom stereocenters. The van der Waals surface area contributed by atoms with E-state index in [1.807, 2.05) is 0 Å². The number of allylic oxidation sites excluding steroid dienone is 2. The second-order valence-corrected chi connectivity index (χ2v) is 17.8. The van der Waals surface area contributed by atoms with Crippen LogP contribution in [0.25, 0.3) is 0 Å². The van der Waals surface area contributed by atoms with Crippen LogP contribution in [0.5, 0.6) is 0 Å². The molecule has 52 heavy (non-hydrogen) atoms. The standard InChI is InChI=1S/C48H66O3P/c1-47(2,42-26-20-18-21-27-42)44-35-31-40(32-36-44)46(41-33-37-45(38-34-41)48(3,4)43-28-22-19-23-29-43)30-24-16-14-12-10-8-6-5-7-9-11-13-15-17-25-39-52(49,50)51/h5-6,18-23,26-29,31-38,46,49-51H,7-17,24-25,30,39H2,1-4H3/q+1/b6-5+. The van der Waals surface area contributed by atoms with E-state index in [0.29, 0.717) is 12.3 Å². The zero-order valence-corrected chi connectivity index (χ0v) is 33.4. The number of unbranched alkanes of at least 4 members (excludes halogenated alkanes) is 11. The van der Waals surface area contributed by atoms with Gasteiger partial charge in [-0.1, -0.05) is 194 Å². The first kappa shape index (κ1) is 41.7. The molecule has 0 bridgehead atoms. The Kier molecular flexibility index (Phi) is 16.8. The lowest BCUT2D eigenvalue weighted by atomic mass is 9.76. The highest BCUT2D eigenvalue weighted by atomic mass is 31.2. The molecule has 0 saturated heterocycles. The monoisotopic (exact) mass is 721 g/mol. The maximum absolute atomic E-state index is 9.05. The molecule has 0 aliphatic rings. The predicted octanol–water partition coefficient (Wildman–Crippen LogP) is 13.2. The van der Waals surface area contributed by atoms with Gasteiger partial charge in [-0.3, -0.25) is 0 Å². The molecular weight excluding hydrogens is 655 g/mol. The Morgan fingerprint density at radius 1 is 0.442 bits per heavy atom. The Hall–Kier alpha value is -3.07. The summed E-state index contributed by atoms with van der Waals surface area (Å²) in [5, 5.41) is 0. The van der Waals surface area contributed by atoms with Crippen molar-refractivity contribution in [3.63, 3.8) is 0 Å². The van der Waals surface area contributed by atoms with Gasteiger partial charge in [0.2, 0.25) is 0 Å². The third kappa shape index (κ3) is 13.4. The minimum Gasteiger partial charge on any atom is -0.193 e. The normalized spacial score (nSPS) is 12.6. The van der Waals surface area contributed by atoms with Crippen LogP contribution in [0, 0.1) is 0 Å². The van der Waals surface area contributed by atoms with Gasteiger partial charge in [-0.25, -0.2) is 0 Å². The molecule has 0 fully saturated rings. The smallest absolute Gasteiger partial charge is 0.193 e. The summed E-state index contributed by atoms with van der Waals surface area (Å²) in [6, 6.07) is 40.7. The van der Waals surface area contributed by atoms with Crippen LogP contribution in [-0.4, -0.2) is 20.8 Å².